The van der Waals surface area contributed by atoms with Crippen molar-refractivity contribution in [3.05, 3.63) is 0 Å². The van der Waals surface area contributed by atoms with Gasteiger partial charge in [0, 0.05) is 44.6 Å². The first-order chi connectivity index (χ1) is 15.3. The van der Waals surface area contributed by atoms with E-state index in [1.807, 2.05) is 35.7 Å². The topological polar surface area (TPSA) is 79.4 Å². The Bertz CT molecular complexity index is 606. The third-order valence-electron chi connectivity index (χ3n) is 6.58. The molecule has 32 heavy (non-hydrogen) atoms. The van der Waals surface area contributed by atoms with Crippen molar-refractivity contribution in [2.24, 2.45) is 11.8 Å². The monoisotopic (exact) mass is 453 g/mol. The minimum atomic E-state index is -0.404. The SMILES string of the molecule is CCC(CC(C[C@@H](C)C(=O)N1CCOCC1)C(=O)OCCN(C)C)N1CCCCCC1=O. The quantitative estimate of drug-likeness (QED) is 0.446. The van der Waals surface area contributed by atoms with Gasteiger partial charge in [-0.3, -0.25) is 14.4 Å². The number of morpholine rings is 1. The molecule has 0 aromatic carbocycles. The first-order valence-corrected chi connectivity index (χ1v) is 12.3. The molecule has 2 fully saturated rings. The summed E-state index contributed by atoms with van der Waals surface area (Å²) in [7, 11) is 3.87. The highest BCUT2D eigenvalue weighted by atomic mass is 16.5. The highest BCUT2D eigenvalue weighted by molar-refractivity contribution is 5.80. The summed E-state index contributed by atoms with van der Waals surface area (Å²) < 4.78 is 11.0. The second-order valence-corrected chi connectivity index (χ2v) is 9.44. The second kappa shape index (κ2) is 13.8. The van der Waals surface area contributed by atoms with Gasteiger partial charge in [0.15, 0.2) is 0 Å². The highest BCUT2D eigenvalue weighted by Crippen LogP contribution is 2.26. The molecule has 0 spiro atoms. The van der Waals surface area contributed by atoms with E-state index in [9.17, 15) is 14.4 Å². The van der Waals surface area contributed by atoms with Crippen LogP contribution in [0.15, 0.2) is 0 Å². The molecule has 0 aromatic rings. The van der Waals surface area contributed by atoms with Gasteiger partial charge in [-0.05, 0) is 46.2 Å². The number of ether oxygens (including phenoxy) is 2. The fourth-order valence-electron chi connectivity index (χ4n) is 4.59. The molecule has 0 aliphatic carbocycles. The minimum Gasteiger partial charge on any atom is -0.464 e. The molecule has 2 aliphatic heterocycles. The molecular weight excluding hydrogens is 410 g/mol. The first kappa shape index (κ1) is 26.6. The van der Waals surface area contributed by atoms with E-state index in [4.69, 9.17) is 9.47 Å². The van der Waals surface area contributed by atoms with Crippen LogP contribution in [0.2, 0.25) is 0 Å². The normalized spacial score (nSPS) is 20.6. The lowest BCUT2D eigenvalue weighted by atomic mass is 9.88. The molecule has 0 radical (unpaired) electrons. The highest BCUT2D eigenvalue weighted by Gasteiger charge is 2.33. The van der Waals surface area contributed by atoms with Crippen LogP contribution >= 0.6 is 0 Å². The lowest BCUT2D eigenvalue weighted by Crippen LogP contribution is -2.45. The van der Waals surface area contributed by atoms with E-state index in [1.54, 1.807) is 0 Å². The predicted octanol–water partition coefficient (Wildman–Crippen LogP) is 2.16. The molecule has 0 saturated carbocycles. The van der Waals surface area contributed by atoms with Gasteiger partial charge in [-0.15, -0.1) is 0 Å². The number of hydrogen-bond donors (Lipinski definition) is 0. The summed E-state index contributed by atoms with van der Waals surface area (Å²) >= 11 is 0. The van der Waals surface area contributed by atoms with Crippen LogP contribution in [0.1, 0.15) is 58.8 Å². The zero-order valence-electron chi connectivity index (χ0n) is 20.5. The average molecular weight is 454 g/mol. The van der Waals surface area contributed by atoms with E-state index in [0.29, 0.717) is 58.7 Å². The van der Waals surface area contributed by atoms with Crippen LogP contribution in [-0.4, -0.2) is 98.6 Å². The Morgan fingerprint density at radius 2 is 1.81 bits per heavy atom. The van der Waals surface area contributed by atoms with E-state index >= 15 is 0 Å². The molecule has 0 N–H and O–H groups in total. The molecule has 0 bridgehead atoms. The number of esters is 1. The zero-order valence-corrected chi connectivity index (χ0v) is 20.5. The van der Waals surface area contributed by atoms with Crippen molar-refractivity contribution in [3.8, 4) is 0 Å². The number of carbonyl (C=O) groups is 3. The van der Waals surface area contributed by atoms with Crippen molar-refractivity contribution in [3.63, 3.8) is 0 Å². The first-order valence-electron chi connectivity index (χ1n) is 12.3. The molecule has 0 aromatic heterocycles. The van der Waals surface area contributed by atoms with Gasteiger partial charge in [-0.25, -0.2) is 0 Å². The molecule has 2 unspecified atom stereocenters. The van der Waals surface area contributed by atoms with Crippen LogP contribution in [0.25, 0.3) is 0 Å². The molecule has 2 saturated heterocycles. The largest absolute Gasteiger partial charge is 0.464 e. The Morgan fingerprint density at radius 3 is 2.47 bits per heavy atom. The molecule has 2 aliphatic rings. The summed E-state index contributed by atoms with van der Waals surface area (Å²) in [6.45, 7) is 8.02. The van der Waals surface area contributed by atoms with Gasteiger partial charge in [0.25, 0.3) is 0 Å². The van der Waals surface area contributed by atoms with Crippen molar-refractivity contribution >= 4 is 17.8 Å². The second-order valence-electron chi connectivity index (χ2n) is 9.44. The van der Waals surface area contributed by atoms with Gasteiger partial charge in [0.1, 0.15) is 6.61 Å². The van der Waals surface area contributed by atoms with E-state index in [2.05, 4.69) is 6.92 Å². The number of amides is 2. The van der Waals surface area contributed by atoms with Crippen molar-refractivity contribution in [1.82, 2.24) is 14.7 Å². The summed E-state index contributed by atoms with van der Waals surface area (Å²) in [4.78, 5) is 44.5. The number of rotatable bonds is 11. The third-order valence-corrected chi connectivity index (χ3v) is 6.58. The average Bonchev–Trinajstić information content (AvgIpc) is 3.00. The van der Waals surface area contributed by atoms with Gasteiger partial charge in [-0.1, -0.05) is 20.3 Å². The van der Waals surface area contributed by atoms with Crippen LogP contribution in [0, 0.1) is 11.8 Å². The fourth-order valence-corrected chi connectivity index (χ4v) is 4.59. The van der Waals surface area contributed by atoms with Crippen LogP contribution in [0.5, 0.6) is 0 Å². The number of likely N-dealkylation sites (tertiary alicyclic amines) is 1. The molecule has 2 rings (SSSR count). The molecule has 8 heteroatoms. The Kier molecular flexibility index (Phi) is 11.4. The Balaban J connectivity index is 2.08. The van der Waals surface area contributed by atoms with Crippen LogP contribution in [0.4, 0.5) is 0 Å². The van der Waals surface area contributed by atoms with Crippen molar-refractivity contribution in [2.75, 3.05) is 60.1 Å². The maximum absolute atomic E-state index is 13.1. The van der Waals surface area contributed by atoms with Crippen molar-refractivity contribution in [2.45, 2.75) is 64.8 Å². The molecular formula is C24H43N3O5. The Morgan fingerprint density at radius 1 is 1.09 bits per heavy atom. The minimum absolute atomic E-state index is 0.00214. The molecule has 2 amide bonds. The summed E-state index contributed by atoms with van der Waals surface area (Å²) in [5, 5.41) is 0. The molecule has 2 heterocycles. The summed E-state index contributed by atoms with van der Waals surface area (Å²) in [5.74, 6) is -0.686. The molecule has 3 atom stereocenters. The summed E-state index contributed by atoms with van der Waals surface area (Å²) in [6, 6.07) is -0.00214. The number of carbonyl (C=O) groups excluding carboxylic acids is 3. The number of hydrogen-bond acceptors (Lipinski definition) is 6. The van der Waals surface area contributed by atoms with Gasteiger partial charge in [-0.2, -0.15) is 0 Å². The van der Waals surface area contributed by atoms with Crippen LogP contribution in [0.3, 0.4) is 0 Å². The Labute approximate surface area is 193 Å². The maximum Gasteiger partial charge on any atom is 0.309 e. The lowest BCUT2D eigenvalue weighted by Gasteiger charge is -2.34. The fraction of sp³-hybridized carbons (Fsp3) is 0.875. The van der Waals surface area contributed by atoms with Gasteiger partial charge in [0.05, 0.1) is 19.1 Å². The molecule has 8 nitrogen and oxygen atoms in total. The van der Waals surface area contributed by atoms with Crippen molar-refractivity contribution < 1.29 is 23.9 Å². The Hall–Kier alpha value is -1.67. The predicted molar refractivity (Wildman–Crippen MR) is 123 cm³/mol. The third kappa shape index (κ3) is 8.35. The van der Waals surface area contributed by atoms with E-state index < -0.39 is 5.92 Å². The van der Waals surface area contributed by atoms with E-state index in [0.717, 1.165) is 32.2 Å². The van der Waals surface area contributed by atoms with Crippen LogP contribution in [-0.2, 0) is 23.9 Å². The number of nitrogens with zero attached hydrogens (tertiary/aromatic N) is 3. The maximum atomic E-state index is 13.1. The summed E-state index contributed by atoms with van der Waals surface area (Å²) in [5.41, 5.74) is 0. The smallest absolute Gasteiger partial charge is 0.309 e. The van der Waals surface area contributed by atoms with Crippen LogP contribution < -0.4 is 0 Å². The van der Waals surface area contributed by atoms with Gasteiger partial charge in [0.2, 0.25) is 11.8 Å². The van der Waals surface area contributed by atoms with Gasteiger partial charge >= 0.3 is 5.97 Å². The van der Waals surface area contributed by atoms with E-state index in [-0.39, 0.29) is 29.7 Å². The van der Waals surface area contributed by atoms with E-state index in [1.165, 1.54) is 0 Å². The standard InChI is InChI=1S/C24H43N3O5/c1-5-21(27-10-8-6-7-9-22(27)28)18-20(24(30)32-16-11-25(3)4)17-19(2)23(29)26-12-14-31-15-13-26/h19-21H,5-18H2,1-4H3/t19-,20?,21?/m1/s1. The summed E-state index contributed by atoms with van der Waals surface area (Å²) in [6.07, 6.45) is 5.37. The van der Waals surface area contributed by atoms with Crippen molar-refractivity contribution in [1.29, 1.82) is 0 Å². The lowest BCUT2D eigenvalue weighted by molar-refractivity contribution is -0.152. The number of likely N-dealkylation sites (N-methyl/N-ethyl adjacent to an activating group) is 1. The van der Waals surface area contributed by atoms with Gasteiger partial charge < -0.3 is 24.2 Å². The molecule has 184 valence electrons. The zero-order chi connectivity index (χ0) is 23.5.